The molecule has 8 amide bonds. The van der Waals surface area contributed by atoms with E-state index in [-0.39, 0.29) is 85.9 Å². The molecule has 31 nitrogen and oxygen atoms in total. The molecule has 12 atom stereocenters. The number of urea groups is 2. The highest BCUT2D eigenvalue weighted by Gasteiger charge is 2.63. The SMILES string of the molecule is COc1ccc2c(O[C@@H]3C[C@H]4C(=O)N[C@]5(C(=O)O)CC5CCCCCCC[C@H](NC(=O)N[C@H](C(=O)c5ccc(F)cc5)C(C)C)C(=O)N4C3)cc(-c3csc(NC(C)C)n3)nc2c1.COc1ccc2c(O[C@@H]3C[C@H]4C(=O)N[C@]5(C(=O)O)CC5CCCCCCC[C@H](NC(=O)N[C@H](C(=O)c5ccc(N(C)C)cc5)C(C)C)C(=O)N4C3)cc(-c3csc(NC(C)C)n3)nc2c1. The van der Waals surface area contributed by atoms with E-state index in [1.54, 1.807) is 76.6 Å². The van der Waals surface area contributed by atoms with Gasteiger partial charge in [0.2, 0.25) is 23.6 Å². The summed E-state index contributed by atoms with van der Waals surface area (Å²) in [5.74, 6) is -4.61. The van der Waals surface area contributed by atoms with Gasteiger partial charge in [-0.15, -0.1) is 22.7 Å². The van der Waals surface area contributed by atoms with E-state index in [0.29, 0.717) is 112 Å². The average Bonchev–Trinajstić information content (AvgIpc) is 1.58. The highest BCUT2D eigenvalue weighted by Crippen LogP contribution is 2.50. The molecule has 34 heteroatoms. The predicted octanol–water partition coefficient (Wildman–Crippen LogP) is 13.8. The monoisotopic (exact) mass is 1800 g/mol. The Labute approximate surface area is 752 Å². The molecular weight excluding hydrogens is 1680 g/mol. The number of rotatable bonds is 25. The van der Waals surface area contributed by atoms with Crippen LogP contribution in [0.5, 0.6) is 23.0 Å². The standard InChI is InChI=1S/C48H62N8O8S.C46H56FN7O8S/c1-27(2)41(42(57)29-15-17-31(18-16-29)55(5)6)53-46(62)51-35-14-12-10-8-9-11-13-30-24-48(30,45(60)61)54-43(58)39-22-33(25-56(39)44(35)59)64-40-23-37(38-26-65-47(52-38)49-28(3)4)50-36-21-32(63-7)19-20-34(36)40;1-25(2)39(40(55)27-13-15-29(47)16-14-27)52-44(60)50-33-12-10-8-6-7-9-11-28-22-46(28,43(58)59)53-41(56)37-20-31(23-54(37)42(33)57)62-38-21-35(36-24-63-45(51-36)48-26(3)4)49-34-19-30(61-5)17-18-32(34)38/h15-21,23,26-28,30,33,35,39,41H,8-14,22,24-25H2,1-7H3,(H,49,52)(H,54,58)(H,60,61)(H2,51,53,62);13-19,21,24-26,28,31,33,37,39H,6-12,20,22-23H2,1-5H3,(H,48,51)(H,53,56)(H,58,59)(H2,50,52,60)/t30?,33-,35+,39+,41+,48-;28?,31-,33+,37+,39+,46-/m11/s1. The van der Waals surface area contributed by atoms with Gasteiger partial charge in [-0.1, -0.05) is 91.9 Å². The lowest BCUT2D eigenvalue weighted by Gasteiger charge is -2.30. The largest absolute Gasteiger partial charge is 0.497 e. The van der Waals surface area contributed by atoms with Gasteiger partial charge in [-0.3, -0.25) is 28.8 Å². The molecule has 684 valence electrons. The summed E-state index contributed by atoms with van der Waals surface area (Å²) in [5, 5.41) is 51.1. The van der Waals surface area contributed by atoms with Crippen molar-refractivity contribution in [2.24, 2.45) is 23.7 Å². The maximum atomic E-state index is 14.9. The van der Waals surface area contributed by atoms with Crippen LogP contribution in [0.1, 0.15) is 192 Å². The zero-order chi connectivity index (χ0) is 91.6. The number of carbonyl (C=O) groups excluding carboxylic acids is 8. The number of hydrogen-bond acceptors (Lipinski definition) is 23. The molecule has 2 aliphatic carbocycles. The molecule has 4 aliphatic heterocycles. The highest BCUT2D eigenvalue weighted by atomic mass is 32.1. The number of amides is 8. The number of aromatic nitrogens is 4. The Bertz CT molecular complexity index is 5380. The summed E-state index contributed by atoms with van der Waals surface area (Å²) < 4.78 is 38.2. The first-order chi connectivity index (χ1) is 61.2. The molecule has 2 unspecified atom stereocenters. The van der Waals surface area contributed by atoms with Crippen LogP contribution in [0.4, 0.5) is 29.9 Å². The Hall–Kier alpha value is -11.8. The number of halogens is 1. The third-order valence-electron chi connectivity index (χ3n) is 24.8. The second-order valence-electron chi connectivity index (χ2n) is 35.9. The van der Waals surface area contributed by atoms with E-state index in [9.17, 15) is 62.5 Å². The number of aliphatic carboxylic acids is 2. The number of methoxy groups -OCH3 is 2. The molecule has 2 saturated carbocycles. The van der Waals surface area contributed by atoms with Gasteiger partial charge in [-0.25, -0.2) is 43.5 Å². The van der Waals surface area contributed by atoms with Gasteiger partial charge in [0.05, 0.1) is 61.8 Å². The second kappa shape index (κ2) is 41.1. The number of anilines is 3. The maximum absolute atomic E-state index is 14.9. The minimum Gasteiger partial charge on any atom is -0.497 e. The van der Waals surface area contributed by atoms with Crippen LogP contribution in [-0.4, -0.2) is 212 Å². The molecule has 4 aromatic heterocycles. The Balaban J connectivity index is 0.000000219. The first-order valence-electron chi connectivity index (χ1n) is 44.4. The van der Waals surface area contributed by atoms with Crippen LogP contribution in [0.3, 0.4) is 0 Å². The Morgan fingerprint density at radius 3 is 1.26 bits per heavy atom. The van der Waals surface area contributed by atoms with Gasteiger partial charge in [0.25, 0.3) is 0 Å². The van der Waals surface area contributed by atoms with Crippen LogP contribution < -0.4 is 66.4 Å². The molecule has 8 aromatic rings. The lowest BCUT2D eigenvalue weighted by molar-refractivity contribution is -0.146. The third kappa shape index (κ3) is 22.3. The van der Waals surface area contributed by atoms with Crippen molar-refractivity contribution < 1.29 is 81.5 Å². The quantitative estimate of drug-likeness (QED) is 0.0238. The fourth-order valence-corrected chi connectivity index (χ4v) is 19.3. The van der Waals surface area contributed by atoms with Gasteiger partial charge in [-0.05, 0) is 163 Å². The van der Waals surface area contributed by atoms with Gasteiger partial charge in [-0.2, -0.15) is 0 Å². The van der Waals surface area contributed by atoms with Gasteiger partial charge in [0.1, 0.15) is 87.7 Å². The van der Waals surface area contributed by atoms with E-state index in [4.69, 9.17) is 38.9 Å². The molecule has 0 bridgehead atoms. The van der Waals surface area contributed by atoms with Crippen molar-refractivity contribution in [1.29, 1.82) is 0 Å². The van der Waals surface area contributed by atoms with Gasteiger partial charge in [0.15, 0.2) is 21.8 Å². The van der Waals surface area contributed by atoms with Crippen LogP contribution in [0.25, 0.3) is 44.6 Å². The Morgan fingerprint density at radius 2 is 0.891 bits per heavy atom. The molecule has 0 radical (unpaired) electrons. The Kier molecular flexibility index (Phi) is 30.1. The lowest BCUT2D eigenvalue weighted by atomic mass is 9.95. The number of nitrogens with zero attached hydrogens (tertiary/aromatic N) is 7. The summed E-state index contributed by atoms with van der Waals surface area (Å²) in [7, 11) is 6.96. The van der Waals surface area contributed by atoms with E-state index in [1.807, 2.05) is 95.6 Å². The fourth-order valence-electron chi connectivity index (χ4n) is 17.6. The first-order valence-corrected chi connectivity index (χ1v) is 46.2. The molecular formula is C94H118FN15O16S2. The average molecular weight is 1800 g/mol. The normalized spacial score (nSPS) is 23.3. The summed E-state index contributed by atoms with van der Waals surface area (Å²) >= 11 is 2.90. The van der Waals surface area contributed by atoms with Crippen molar-refractivity contribution in [3.05, 3.63) is 125 Å². The third-order valence-corrected chi connectivity index (χ3v) is 26.4. The number of hydrogen-bond donors (Lipinski definition) is 10. The number of carbonyl (C=O) groups is 10. The number of nitrogens with one attached hydrogen (secondary N) is 8. The van der Waals surface area contributed by atoms with Gasteiger partial charge < -0.3 is 86.4 Å². The lowest BCUT2D eigenvalue weighted by Crippen LogP contribution is -2.58. The number of ether oxygens (including phenoxy) is 4. The summed E-state index contributed by atoms with van der Waals surface area (Å²) in [5.41, 5.74) is 2.26. The number of thiazole rings is 2. The minimum atomic E-state index is -1.43. The second-order valence-corrected chi connectivity index (χ2v) is 37.6. The number of pyridine rings is 2. The van der Waals surface area contributed by atoms with E-state index >= 15 is 0 Å². The summed E-state index contributed by atoms with van der Waals surface area (Å²) in [6.45, 7) is 15.3. The number of ketones is 2. The molecule has 128 heavy (non-hydrogen) atoms. The minimum absolute atomic E-state index is 0.0231. The molecule has 6 fully saturated rings. The van der Waals surface area contributed by atoms with Crippen molar-refractivity contribution in [3.63, 3.8) is 0 Å². The van der Waals surface area contributed by atoms with Gasteiger partial charge >= 0.3 is 24.0 Å². The molecule has 14 rings (SSSR count). The summed E-state index contributed by atoms with van der Waals surface area (Å²) in [6.07, 6.45) is 8.96. The first kappa shape index (κ1) is 93.8. The highest BCUT2D eigenvalue weighted by molar-refractivity contribution is 7.14. The van der Waals surface area contributed by atoms with Crippen molar-refractivity contribution in [2.75, 3.05) is 56.9 Å². The topological polar surface area (TPSA) is 406 Å². The summed E-state index contributed by atoms with van der Waals surface area (Å²) in [4.78, 5) is 163. The van der Waals surface area contributed by atoms with Crippen LogP contribution in [0.2, 0.25) is 0 Å². The van der Waals surface area contributed by atoms with Crippen molar-refractivity contribution in [2.45, 2.75) is 243 Å². The van der Waals surface area contributed by atoms with Crippen molar-refractivity contribution in [1.82, 2.24) is 61.6 Å². The van der Waals surface area contributed by atoms with E-state index in [2.05, 4.69) is 42.5 Å². The molecule has 0 spiro atoms. The smallest absolute Gasteiger partial charge is 0.329 e. The number of Topliss-reactive ketones (excluding diaryl/α,β-unsaturated/α-hetero) is 2. The van der Waals surface area contributed by atoms with Gasteiger partial charge in [0, 0.05) is 102 Å². The summed E-state index contributed by atoms with van der Waals surface area (Å²) in [6, 6.07) is 19.3. The molecule has 4 saturated heterocycles. The Morgan fingerprint density at radius 1 is 0.508 bits per heavy atom. The number of carboxylic acids is 2. The van der Waals surface area contributed by atoms with Crippen LogP contribution in [-0.2, 0) is 28.8 Å². The predicted molar refractivity (Wildman–Crippen MR) is 487 cm³/mol. The van der Waals surface area contributed by atoms with Crippen LogP contribution >= 0.6 is 22.7 Å². The molecule has 10 N–H and O–H groups in total. The zero-order valence-electron chi connectivity index (χ0n) is 74.6. The maximum Gasteiger partial charge on any atom is 0.329 e. The molecule has 4 aromatic carbocycles. The van der Waals surface area contributed by atoms with E-state index in [0.717, 1.165) is 67.3 Å². The number of carboxylic acid groups (broad SMARTS) is 2. The fraction of sp³-hybridized carbons (Fsp3) is 0.511. The van der Waals surface area contributed by atoms with Crippen molar-refractivity contribution in [3.8, 4) is 45.8 Å². The zero-order valence-corrected chi connectivity index (χ0v) is 76.2. The number of benzene rings is 4. The van der Waals surface area contributed by atoms with E-state index in [1.165, 1.54) is 56.7 Å². The molecule has 6 aliphatic rings. The van der Waals surface area contributed by atoms with E-state index < -0.39 is 119 Å². The van der Waals surface area contributed by atoms with Crippen LogP contribution in [0, 0.1) is 29.5 Å². The van der Waals surface area contributed by atoms with Crippen LogP contribution in [0.15, 0.2) is 108 Å². The molecule has 8 heterocycles. The number of fused-ring (bicyclic) bond motifs is 6. The van der Waals surface area contributed by atoms with Crippen molar-refractivity contribution >= 4 is 120 Å².